The minimum Gasteiger partial charge on any atom is -0.340 e. The first-order valence-electron chi connectivity index (χ1n) is 5.86. The van der Waals surface area contributed by atoms with Crippen LogP contribution in [0.1, 0.15) is 31.0 Å². The highest BCUT2D eigenvalue weighted by atomic mass is 16.5. The summed E-state index contributed by atoms with van der Waals surface area (Å²) in [6, 6.07) is 0. The Hall–Kier alpha value is -1.65. The maximum absolute atomic E-state index is 12.1. The predicted molar refractivity (Wildman–Crippen MR) is 62.0 cm³/mol. The molecule has 5 nitrogen and oxygen atoms in total. The minimum atomic E-state index is 0.109. The van der Waals surface area contributed by atoms with E-state index in [4.69, 9.17) is 4.52 Å². The number of aryl methyl sites for hydroxylation is 1. The van der Waals surface area contributed by atoms with E-state index in [9.17, 15) is 4.79 Å². The zero-order chi connectivity index (χ0) is 12.3. The monoisotopic (exact) mass is 235 g/mol. The summed E-state index contributed by atoms with van der Waals surface area (Å²) < 4.78 is 4.88. The summed E-state index contributed by atoms with van der Waals surface area (Å²) in [4.78, 5) is 17.9. The number of rotatable bonds is 3. The fourth-order valence-electron chi connectivity index (χ4n) is 2.03. The van der Waals surface area contributed by atoms with Gasteiger partial charge >= 0.3 is 0 Å². The van der Waals surface area contributed by atoms with Gasteiger partial charge in [0, 0.05) is 19.9 Å². The van der Waals surface area contributed by atoms with E-state index in [0.29, 0.717) is 18.3 Å². The Balaban J connectivity index is 1.93. The maximum atomic E-state index is 12.1. The van der Waals surface area contributed by atoms with Gasteiger partial charge in [0.15, 0.2) is 5.82 Å². The SMILES string of the molecule is Cc1nc(CN(C)C(=O)C2CC=CCC2)no1. The normalized spacial score (nSPS) is 19.3. The molecule has 0 aromatic carbocycles. The highest BCUT2D eigenvalue weighted by Crippen LogP contribution is 2.20. The molecule has 0 aliphatic heterocycles. The Morgan fingerprint density at radius 3 is 3.00 bits per heavy atom. The maximum Gasteiger partial charge on any atom is 0.226 e. The van der Waals surface area contributed by atoms with Gasteiger partial charge < -0.3 is 9.42 Å². The van der Waals surface area contributed by atoms with Crippen LogP contribution in [-0.4, -0.2) is 28.0 Å². The van der Waals surface area contributed by atoms with E-state index in [1.165, 1.54) is 0 Å². The third-order valence-electron chi connectivity index (χ3n) is 2.94. The molecule has 0 fully saturated rings. The number of carbonyl (C=O) groups is 1. The number of hydrogen-bond acceptors (Lipinski definition) is 4. The average molecular weight is 235 g/mol. The van der Waals surface area contributed by atoms with Crippen LogP contribution in [0.15, 0.2) is 16.7 Å². The fourth-order valence-corrected chi connectivity index (χ4v) is 2.03. The van der Waals surface area contributed by atoms with Crippen molar-refractivity contribution in [2.45, 2.75) is 32.7 Å². The second-order valence-corrected chi connectivity index (χ2v) is 4.41. The first-order chi connectivity index (χ1) is 8.16. The Morgan fingerprint density at radius 2 is 2.41 bits per heavy atom. The lowest BCUT2D eigenvalue weighted by atomic mass is 9.93. The molecule has 92 valence electrons. The Kier molecular flexibility index (Phi) is 3.56. The van der Waals surface area contributed by atoms with Gasteiger partial charge in [0.25, 0.3) is 0 Å². The zero-order valence-corrected chi connectivity index (χ0v) is 10.2. The molecule has 1 amide bonds. The molecule has 5 heteroatoms. The lowest BCUT2D eigenvalue weighted by Crippen LogP contribution is -2.33. The van der Waals surface area contributed by atoms with Gasteiger partial charge in [-0.3, -0.25) is 4.79 Å². The van der Waals surface area contributed by atoms with Gasteiger partial charge in [-0.1, -0.05) is 17.3 Å². The summed E-state index contributed by atoms with van der Waals surface area (Å²) in [7, 11) is 1.78. The van der Waals surface area contributed by atoms with Gasteiger partial charge in [-0.05, 0) is 19.3 Å². The molecule has 1 aromatic heterocycles. The molecule has 0 radical (unpaired) electrons. The standard InChI is InChI=1S/C12H17N3O2/c1-9-13-11(14-17-9)8-15(2)12(16)10-6-4-3-5-7-10/h3-4,10H,5-8H2,1-2H3. The third-order valence-corrected chi connectivity index (χ3v) is 2.94. The number of amides is 1. The van der Waals surface area contributed by atoms with Gasteiger partial charge in [-0.25, -0.2) is 0 Å². The zero-order valence-electron chi connectivity index (χ0n) is 10.2. The predicted octanol–water partition coefficient (Wildman–Crippen LogP) is 1.69. The molecule has 1 atom stereocenters. The van der Waals surface area contributed by atoms with E-state index >= 15 is 0 Å². The van der Waals surface area contributed by atoms with E-state index in [1.807, 2.05) is 0 Å². The first-order valence-corrected chi connectivity index (χ1v) is 5.86. The van der Waals surface area contributed by atoms with Gasteiger partial charge in [0.2, 0.25) is 11.8 Å². The summed E-state index contributed by atoms with van der Waals surface area (Å²) in [6.07, 6.45) is 6.98. The van der Waals surface area contributed by atoms with Crippen LogP contribution in [0.25, 0.3) is 0 Å². The molecule has 0 spiro atoms. The van der Waals surface area contributed by atoms with Crippen LogP contribution >= 0.6 is 0 Å². The minimum absolute atomic E-state index is 0.109. The summed E-state index contributed by atoms with van der Waals surface area (Å²) in [5, 5.41) is 3.79. The molecule has 1 aliphatic carbocycles. The smallest absolute Gasteiger partial charge is 0.226 e. The van der Waals surface area contributed by atoms with Crippen molar-refractivity contribution in [2.75, 3.05) is 7.05 Å². The van der Waals surface area contributed by atoms with E-state index < -0.39 is 0 Å². The summed E-state index contributed by atoms with van der Waals surface area (Å²) in [6.45, 7) is 2.15. The molecule has 1 aromatic rings. The van der Waals surface area contributed by atoms with Crippen LogP contribution in [0.4, 0.5) is 0 Å². The van der Waals surface area contributed by atoms with Crippen molar-refractivity contribution in [3.05, 3.63) is 23.9 Å². The average Bonchev–Trinajstić information content (AvgIpc) is 2.75. The van der Waals surface area contributed by atoms with Crippen molar-refractivity contribution >= 4 is 5.91 Å². The summed E-state index contributed by atoms with van der Waals surface area (Å²) in [5.41, 5.74) is 0. The number of aromatic nitrogens is 2. The van der Waals surface area contributed by atoms with Crippen molar-refractivity contribution in [3.8, 4) is 0 Å². The fraction of sp³-hybridized carbons (Fsp3) is 0.583. The van der Waals surface area contributed by atoms with Crippen molar-refractivity contribution in [3.63, 3.8) is 0 Å². The van der Waals surface area contributed by atoms with Crippen LogP contribution in [-0.2, 0) is 11.3 Å². The Labute approximate surface area is 100 Å². The molecule has 1 unspecified atom stereocenters. The molecule has 17 heavy (non-hydrogen) atoms. The number of nitrogens with zero attached hydrogens (tertiary/aromatic N) is 3. The van der Waals surface area contributed by atoms with Crippen LogP contribution in [0.2, 0.25) is 0 Å². The number of carbonyl (C=O) groups excluding carboxylic acids is 1. The van der Waals surface area contributed by atoms with Crippen LogP contribution < -0.4 is 0 Å². The molecule has 0 N–H and O–H groups in total. The molecule has 1 aliphatic rings. The molecule has 1 heterocycles. The number of hydrogen-bond donors (Lipinski definition) is 0. The van der Waals surface area contributed by atoms with Crippen molar-refractivity contribution < 1.29 is 9.32 Å². The van der Waals surface area contributed by atoms with Crippen LogP contribution in [0.3, 0.4) is 0 Å². The Bertz CT molecular complexity index is 425. The van der Waals surface area contributed by atoms with E-state index in [2.05, 4.69) is 22.3 Å². The highest BCUT2D eigenvalue weighted by molar-refractivity contribution is 5.78. The molecular formula is C12H17N3O2. The third kappa shape index (κ3) is 2.93. The topological polar surface area (TPSA) is 59.2 Å². The van der Waals surface area contributed by atoms with Gasteiger partial charge in [-0.2, -0.15) is 4.98 Å². The van der Waals surface area contributed by atoms with Crippen molar-refractivity contribution in [1.29, 1.82) is 0 Å². The van der Waals surface area contributed by atoms with E-state index in [-0.39, 0.29) is 11.8 Å². The quantitative estimate of drug-likeness (QED) is 0.748. The largest absolute Gasteiger partial charge is 0.340 e. The van der Waals surface area contributed by atoms with Crippen molar-refractivity contribution in [1.82, 2.24) is 15.0 Å². The van der Waals surface area contributed by atoms with Gasteiger partial charge in [-0.15, -0.1) is 0 Å². The second kappa shape index (κ2) is 5.12. The second-order valence-electron chi connectivity index (χ2n) is 4.41. The van der Waals surface area contributed by atoms with E-state index in [0.717, 1.165) is 19.3 Å². The van der Waals surface area contributed by atoms with Crippen molar-refractivity contribution in [2.24, 2.45) is 5.92 Å². The first kappa shape index (κ1) is 11.8. The molecule has 2 rings (SSSR count). The lowest BCUT2D eigenvalue weighted by Gasteiger charge is -2.23. The molecule has 0 saturated carbocycles. The molecule has 0 saturated heterocycles. The summed E-state index contributed by atoms with van der Waals surface area (Å²) >= 11 is 0. The van der Waals surface area contributed by atoms with Gasteiger partial charge in [0.1, 0.15) is 0 Å². The van der Waals surface area contributed by atoms with E-state index in [1.54, 1.807) is 18.9 Å². The summed E-state index contributed by atoms with van der Waals surface area (Å²) in [5.74, 6) is 1.36. The van der Waals surface area contributed by atoms with Crippen LogP contribution in [0.5, 0.6) is 0 Å². The van der Waals surface area contributed by atoms with Crippen LogP contribution in [0, 0.1) is 12.8 Å². The number of allylic oxidation sites excluding steroid dienone is 2. The lowest BCUT2D eigenvalue weighted by molar-refractivity contribution is -0.135. The van der Waals surface area contributed by atoms with Gasteiger partial charge in [0.05, 0.1) is 6.54 Å². The highest BCUT2D eigenvalue weighted by Gasteiger charge is 2.22. The molecule has 0 bridgehead atoms. The Morgan fingerprint density at radius 1 is 1.59 bits per heavy atom. The molecular weight excluding hydrogens is 218 g/mol.